The highest BCUT2D eigenvalue weighted by atomic mass is 16.5. The van der Waals surface area contributed by atoms with Crippen molar-refractivity contribution in [3.63, 3.8) is 0 Å². The summed E-state index contributed by atoms with van der Waals surface area (Å²) in [7, 11) is 2.75. The predicted molar refractivity (Wildman–Crippen MR) is 88.1 cm³/mol. The molecular weight excluding hydrogens is 312 g/mol. The molecule has 2 N–H and O–H groups in total. The third-order valence-corrected chi connectivity index (χ3v) is 3.47. The smallest absolute Gasteiger partial charge is 0.332 e. The van der Waals surface area contributed by atoms with Crippen LogP contribution in [0, 0.1) is 11.3 Å². The van der Waals surface area contributed by atoms with Crippen LogP contribution in [0.4, 0.5) is 5.82 Å². The van der Waals surface area contributed by atoms with Gasteiger partial charge in [0.2, 0.25) is 0 Å². The highest BCUT2D eigenvalue weighted by Gasteiger charge is 2.16. The molecule has 126 valence electrons. The van der Waals surface area contributed by atoms with Gasteiger partial charge in [-0.3, -0.25) is 13.9 Å². The van der Waals surface area contributed by atoms with Crippen LogP contribution in [-0.4, -0.2) is 33.5 Å². The number of hydrogen-bond acceptors (Lipinski definition) is 6. The van der Waals surface area contributed by atoms with Crippen molar-refractivity contribution in [1.82, 2.24) is 9.13 Å². The maximum absolute atomic E-state index is 11.9. The minimum Gasteiger partial charge on any atom is -0.491 e. The molecule has 1 atom stereocenters. The Labute approximate surface area is 138 Å². The molecule has 8 heteroatoms. The summed E-state index contributed by atoms with van der Waals surface area (Å²) in [6.07, 6.45) is -0.893. The zero-order valence-corrected chi connectivity index (χ0v) is 13.4. The van der Waals surface area contributed by atoms with E-state index in [1.54, 1.807) is 18.2 Å². The number of anilines is 1. The molecule has 2 aromatic rings. The van der Waals surface area contributed by atoms with E-state index in [0.717, 1.165) is 9.13 Å². The van der Waals surface area contributed by atoms with Crippen molar-refractivity contribution in [2.75, 3.05) is 18.5 Å². The van der Waals surface area contributed by atoms with Crippen molar-refractivity contribution < 1.29 is 9.84 Å². The second-order valence-electron chi connectivity index (χ2n) is 5.20. The Morgan fingerprint density at radius 3 is 2.54 bits per heavy atom. The quantitative estimate of drug-likeness (QED) is 0.760. The van der Waals surface area contributed by atoms with Crippen LogP contribution in [0.25, 0.3) is 0 Å². The molecule has 0 amide bonds. The van der Waals surface area contributed by atoms with E-state index >= 15 is 0 Å². The summed E-state index contributed by atoms with van der Waals surface area (Å²) in [5.41, 5.74) is -1.43. The molecule has 0 aliphatic heterocycles. The van der Waals surface area contributed by atoms with Crippen LogP contribution < -0.4 is 21.3 Å². The topological polar surface area (TPSA) is 109 Å². The Balaban J connectivity index is 2.08. The van der Waals surface area contributed by atoms with Crippen molar-refractivity contribution in [3.05, 3.63) is 56.7 Å². The van der Waals surface area contributed by atoms with Crippen LogP contribution in [-0.2, 0) is 14.1 Å². The zero-order valence-electron chi connectivity index (χ0n) is 13.4. The molecular formula is C16H18N4O4. The molecule has 0 unspecified atom stereocenters. The zero-order chi connectivity index (χ0) is 17.7. The number of benzene rings is 1. The van der Waals surface area contributed by atoms with Gasteiger partial charge in [-0.25, -0.2) is 4.79 Å². The summed E-state index contributed by atoms with van der Waals surface area (Å²) in [4.78, 5) is 23.9. The molecule has 1 heterocycles. The summed E-state index contributed by atoms with van der Waals surface area (Å²) in [5, 5.41) is 21.9. The number of aliphatic hydroxyl groups excluding tert-OH is 1. The van der Waals surface area contributed by atoms with Gasteiger partial charge >= 0.3 is 5.69 Å². The van der Waals surface area contributed by atoms with Gasteiger partial charge in [0.1, 0.15) is 30.3 Å². The molecule has 0 bridgehead atoms. The molecule has 1 aromatic heterocycles. The van der Waals surface area contributed by atoms with Crippen LogP contribution in [0.2, 0.25) is 0 Å². The first-order valence-electron chi connectivity index (χ1n) is 7.25. The first-order chi connectivity index (χ1) is 11.5. The van der Waals surface area contributed by atoms with Gasteiger partial charge in [-0.2, -0.15) is 5.26 Å². The van der Waals surface area contributed by atoms with E-state index in [1.165, 1.54) is 14.1 Å². The molecule has 0 saturated carbocycles. The fourth-order valence-corrected chi connectivity index (χ4v) is 2.13. The number of hydrogen-bond donors (Lipinski definition) is 2. The van der Waals surface area contributed by atoms with Crippen LogP contribution >= 0.6 is 0 Å². The van der Waals surface area contributed by atoms with Crippen molar-refractivity contribution >= 4 is 5.82 Å². The second kappa shape index (κ2) is 7.48. The van der Waals surface area contributed by atoms with Crippen LogP contribution in [0.15, 0.2) is 39.9 Å². The van der Waals surface area contributed by atoms with E-state index in [1.807, 2.05) is 18.2 Å². The number of ether oxygens (including phenoxy) is 1. The average Bonchev–Trinajstić information content (AvgIpc) is 2.61. The number of nitrogens with zero attached hydrogens (tertiary/aromatic N) is 3. The highest BCUT2D eigenvalue weighted by molar-refractivity contribution is 5.51. The maximum atomic E-state index is 11.9. The molecule has 0 aliphatic rings. The molecule has 0 radical (unpaired) electrons. The molecule has 24 heavy (non-hydrogen) atoms. The Kier molecular flexibility index (Phi) is 5.39. The second-order valence-corrected chi connectivity index (χ2v) is 5.20. The van der Waals surface area contributed by atoms with Crippen molar-refractivity contribution in [2.24, 2.45) is 14.1 Å². The number of nitriles is 1. The first-order valence-corrected chi connectivity index (χ1v) is 7.25. The number of rotatable bonds is 6. The molecule has 1 aromatic carbocycles. The summed E-state index contributed by atoms with van der Waals surface area (Å²) in [6, 6.07) is 10.8. The summed E-state index contributed by atoms with van der Waals surface area (Å²) in [6.45, 7) is 0.0413. The lowest BCUT2D eigenvalue weighted by molar-refractivity contribution is 0.117. The third kappa shape index (κ3) is 3.64. The third-order valence-electron chi connectivity index (χ3n) is 3.47. The fourth-order valence-electron chi connectivity index (χ4n) is 2.13. The van der Waals surface area contributed by atoms with Crippen LogP contribution in [0.3, 0.4) is 0 Å². The summed E-state index contributed by atoms with van der Waals surface area (Å²) >= 11 is 0. The largest absolute Gasteiger partial charge is 0.491 e. The fraction of sp³-hybridized carbons (Fsp3) is 0.312. The maximum Gasteiger partial charge on any atom is 0.332 e. The number of nitrogens with one attached hydrogen (secondary N) is 1. The van der Waals surface area contributed by atoms with Crippen LogP contribution in [0.5, 0.6) is 5.75 Å². The lowest BCUT2D eigenvalue weighted by atomic mass is 10.3. The normalized spacial score (nSPS) is 11.6. The van der Waals surface area contributed by atoms with E-state index in [4.69, 9.17) is 10.00 Å². The Bertz CT molecular complexity index is 865. The van der Waals surface area contributed by atoms with Crippen LogP contribution in [0.1, 0.15) is 5.56 Å². The average molecular weight is 330 g/mol. The van der Waals surface area contributed by atoms with Crippen molar-refractivity contribution in [1.29, 1.82) is 5.26 Å². The van der Waals surface area contributed by atoms with E-state index in [-0.39, 0.29) is 24.5 Å². The van der Waals surface area contributed by atoms with E-state index in [9.17, 15) is 14.7 Å². The van der Waals surface area contributed by atoms with Gasteiger partial charge in [-0.1, -0.05) is 18.2 Å². The van der Waals surface area contributed by atoms with Gasteiger partial charge in [-0.15, -0.1) is 0 Å². The monoisotopic (exact) mass is 330 g/mol. The standard InChI is InChI=1S/C16H18N4O4/c1-19-14(13(8-17)15(22)20(2)16(19)23)18-9-11(21)10-24-12-6-4-3-5-7-12/h3-7,11,18,21H,9-10H2,1-2H3/t11-/m1/s1. The number of aromatic nitrogens is 2. The Morgan fingerprint density at radius 2 is 1.92 bits per heavy atom. The summed E-state index contributed by atoms with van der Waals surface area (Å²) in [5.74, 6) is 0.694. The van der Waals surface area contributed by atoms with Crippen molar-refractivity contribution in [3.8, 4) is 11.8 Å². The molecule has 0 aliphatic carbocycles. The highest BCUT2D eigenvalue weighted by Crippen LogP contribution is 2.10. The van der Waals surface area contributed by atoms with Crippen molar-refractivity contribution in [2.45, 2.75) is 6.10 Å². The lowest BCUT2D eigenvalue weighted by Gasteiger charge is -2.17. The van der Waals surface area contributed by atoms with Gasteiger partial charge in [0.25, 0.3) is 5.56 Å². The molecule has 0 saturated heterocycles. The van der Waals surface area contributed by atoms with Gasteiger partial charge in [-0.05, 0) is 12.1 Å². The molecule has 8 nitrogen and oxygen atoms in total. The predicted octanol–water partition coefficient (Wildman–Crippen LogP) is -0.193. The first kappa shape index (κ1) is 17.3. The molecule has 2 rings (SSSR count). The minimum atomic E-state index is -0.893. The number of aliphatic hydroxyl groups is 1. The van der Waals surface area contributed by atoms with Gasteiger partial charge < -0.3 is 15.2 Å². The summed E-state index contributed by atoms with van der Waals surface area (Å²) < 4.78 is 7.44. The molecule has 0 fully saturated rings. The molecule has 0 spiro atoms. The van der Waals surface area contributed by atoms with E-state index in [2.05, 4.69) is 5.32 Å². The van der Waals surface area contributed by atoms with Gasteiger partial charge in [0, 0.05) is 20.6 Å². The lowest BCUT2D eigenvalue weighted by Crippen LogP contribution is -2.40. The van der Waals surface area contributed by atoms with Gasteiger partial charge in [0.15, 0.2) is 5.56 Å². The Hall–Kier alpha value is -3.05. The number of para-hydroxylation sites is 1. The van der Waals surface area contributed by atoms with E-state index < -0.39 is 17.4 Å². The van der Waals surface area contributed by atoms with Gasteiger partial charge in [0.05, 0.1) is 0 Å². The minimum absolute atomic E-state index is 0.0158. The SMILES string of the molecule is Cn1c(NC[C@@H](O)COc2ccccc2)c(C#N)c(=O)n(C)c1=O. The Morgan fingerprint density at radius 1 is 1.25 bits per heavy atom. The van der Waals surface area contributed by atoms with E-state index in [0.29, 0.717) is 5.75 Å².